The van der Waals surface area contributed by atoms with Crippen LogP contribution in [0.3, 0.4) is 0 Å². The van der Waals surface area contributed by atoms with Crippen molar-refractivity contribution in [1.29, 1.82) is 0 Å². The average Bonchev–Trinajstić information content (AvgIpc) is 2.67. The zero-order valence-corrected chi connectivity index (χ0v) is 10.8. The maximum Gasteiger partial charge on any atom is 0.310 e. The minimum Gasteiger partial charge on any atom is -0.443 e. The number of imide groups is 1. The number of hydrogen-bond donors (Lipinski definition) is 0. The molecular weight excluding hydrogens is 234 g/mol. The van der Waals surface area contributed by atoms with Crippen LogP contribution in [-0.4, -0.2) is 29.4 Å². The fourth-order valence-electron chi connectivity index (χ4n) is 1.74. The summed E-state index contributed by atoms with van der Waals surface area (Å²) in [7, 11) is 0. The molecule has 0 fully saturated rings. The predicted octanol–water partition coefficient (Wildman–Crippen LogP) is 1.63. The average molecular weight is 253 g/mol. The van der Waals surface area contributed by atoms with E-state index >= 15 is 0 Å². The van der Waals surface area contributed by atoms with Gasteiger partial charge in [-0.05, 0) is 12.8 Å². The van der Waals surface area contributed by atoms with E-state index in [9.17, 15) is 14.4 Å². The van der Waals surface area contributed by atoms with E-state index in [0.717, 1.165) is 24.2 Å². The minimum atomic E-state index is -0.436. The summed E-state index contributed by atoms with van der Waals surface area (Å²) >= 11 is 0. The molecule has 1 aliphatic heterocycles. The summed E-state index contributed by atoms with van der Waals surface area (Å²) in [6.45, 7) is 3.70. The van der Waals surface area contributed by atoms with Gasteiger partial charge in [-0.2, -0.15) is 0 Å². The second kappa shape index (κ2) is 6.93. The van der Waals surface area contributed by atoms with Crippen LogP contribution in [0.4, 0.5) is 0 Å². The van der Waals surface area contributed by atoms with Gasteiger partial charge in [0.05, 0.1) is 5.92 Å². The van der Waals surface area contributed by atoms with Crippen LogP contribution in [0.5, 0.6) is 0 Å². The van der Waals surface area contributed by atoms with Crippen molar-refractivity contribution >= 4 is 17.8 Å². The molecule has 0 spiro atoms. The molecule has 0 radical (unpaired) electrons. The lowest BCUT2D eigenvalue weighted by Crippen LogP contribution is -2.34. The number of rotatable bonds is 7. The van der Waals surface area contributed by atoms with E-state index in [-0.39, 0.29) is 18.6 Å². The molecule has 0 aromatic carbocycles. The molecule has 1 rings (SSSR count). The SMILES string of the molecule is CCCCC(CC)C(=O)OCN1C(=O)C=CC1=O. The van der Waals surface area contributed by atoms with E-state index in [1.165, 1.54) is 12.2 Å². The molecule has 2 amide bonds. The highest BCUT2D eigenvalue weighted by atomic mass is 16.5. The van der Waals surface area contributed by atoms with Crippen LogP contribution < -0.4 is 0 Å². The topological polar surface area (TPSA) is 63.7 Å². The maximum absolute atomic E-state index is 11.8. The molecule has 0 aliphatic carbocycles. The van der Waals surface area contributed by atoms with Gasteiger partial charge in [-0.25, -0.2) is 4.90 Å². The number of amides is 2. The summed E-state index contributed by atoms with van der Waals surface area (Å²) < 4.78 is 5.02. The highest BCUT2D eigenvalue weighted by Crippen LogP contribution is 2.15. The molecule has 5 heteroatoms. The van der Waals surface area contributed by atoms with E-state index in [2.05, 4.69) is 6.92 Å². The van der Waals surface area contributed by atoms with E-state index in [4.69, 9.17) is 4.74 Å². The molecule has 1 heterocycles. The molecule has 1 aliphatic rings. The van der Waals surface area contributed by atoms with Gasteiger partial charge in [0, 0.05) is 12.2 Å². The second-order valence-corrected chi connectivity index (χ2v) is 4.28. The van der Waals surface area contributed by atoms with Crippen molar-refractivity contribution in [2.45, 2.75) is 39.5 Å². The maximum atomic E-state index is 11.8. The number of carbonyl (C=O) groups is 3. The number of esters is 1. The van der Waals surface area contributed by atoms with Gasteiger partial charge in [0.25, 0.3) is 11.8 Å². The number of hydrogen-bond acceptors (Lipinski definition) is 4. The molecule has 0 N–H and O–H groups in total. The molecule has 18 heavy (non-hydrogen) atoms. The summed E-state index contributed by atoms with van der Waals surface area (Å²) in [6, 6.07) is 0. The third kappa shape index (κ3) is 3.68. The van der Waals surface area contributed by atoms with Crippen molar-refractivity contribution in [3.05, 3.63) is 12.2 Å². The smallest absolute Gasteiger partial charge is 0.310 e. The zero-order valence-electron chi connectivity index (χ0n) is 10.8. The number of unbranched alkanes of at least 4 members (excludes halogenated alkanes) is 1. The Morgan fingerprint density at radius 2 is 1.89 bits per heavy atom. The van der Waals surface area contributed by atoms with Gasteiger partial charge >= 0.3 is 5.97 Å². The Labute approximate surface area is 107 Å². The Kier molecular flexibility index (Phi) is 5.55. The molecule has 1 atom stereocenters. The van der Waals surface area contributed by atoms with Crippen molar-refractivity contribution in [3.8, 4) is 0 Å². The van der Waals surface area contributed by atoms with Crippen LogP contribution in [0.15, 0.2) is 12.2 Å². The Balaban J connectivity index is 2.40. The predicted molar refractivity (Wildman–Crippen MR) is 65.3 cm³/mol. The lowest BCUT2D eigenvalue weighted by Gasteiger charge is -2.17. The van der Waals surface area contributed by atoms with Crippen LogP contribution in [0.1, 0.15) is 39.5 Å². The molecule has 0 aromatic rings. The van der Waals surface area contributed by atoms with E-state index in [1.54, 1.807) is 0 Å². The third-order valence-corrected chi connectivity index (χ3v) is 2.97. The monoisotopic (exact) mass is 253 g/mol. The first-order valence-corrected chi connectivity index (χ1v) is 6.30. The van der Waals surface area contributed by atoms with E-state index in [1.807, 2.05) is 6.92 Å². The molecule has 0 aromatic heterocycles. The van der Waals surface area contributed by atoms with Gasteiger partial charge in [0.2, 0.25) is 0 Å². The molecule has 0 saturated heterocycles. The normalized spacial score (nSPS) is 16.2. The molecular formula is C13H19NO4. The van der Waals surface area contributed by atoms with Gasteiger partial charge in [-0.15, -0.1) is 0 Å². The summed E-state index contributed by atoms with van der Waals surface area (Å²) in [6.07, 6.45) is 5.83. The lowest BCUT2D eigenvalue weighted by atomic mass is 10.00. The van der Waals surface area contributed by atoms with Crippen LogP contribution in [0.25, 0.3) is 0 Å². The summed E-state index contributed by atoms with van der Waals surface area (Å²) in [4.78, 5) is 35.1. The zero-order chi connectivity index (χ0) is 13.5. The second-order valence-electron chi connectivity index (χ2n) is 4.28. The summed E-state index contributed by atoms with van der Waals surface area (Å²) in [5.74, 6) is -1.35. The highest BCUT2D eigenvalue weighted by Gasteiger charge is 2.26. The number of nitrogens with zero attached hydrogens (tertiary/aromatic N) is 1. The van der Waals surface area contributed by atoms with Crippen molar-refractivity contribution in [1.82, 2.24) is 4.90 Å². The summed E-state index contributed by atoms with van der Waals surface area (Å²) in [5, 5.41) is 0. The Bertz CT molecular complexity index is 344. The molecule has 0 bridgehead atoms. The van der Waals surface area contributed by atoms with Gasteiger partial charge in [-0.3, -0.25) is 14.4 Å². The third-order valence-electron chi connectivity index (χ3n) is 2.97. The van der Waals surface area contributed by atoms with Crippen molar-refractivity contribution in [2.75, 3.05) is 6.73 Å². The standard InChI is InChI=1S/C13H19NO4/c1-3-5-6-10(4-2)13(17)18-9-14-11(15)7-8-12(14)16/h7-8,10H,3-6,9H2,1-2H3. The molecule has 0 saturated carbocycles. The van der Waals surface area contributed by atoms with Crippen LogP contribution in [0.2, 0.25) is 0 Å². The van der Waals surface area contributed by atoms with E-state index in [0.29, 0.717) is 6.42 Å². The van der Waals surface area contributed by atoms with Crippen molar-refractivity contribution in [2.24, 2.45) is 5.92 Å². The fraction of sp³-hybridized carbons (Fsp3) is 0.615. The lowest BCUT2D eigenvalue weighted by molar-refractivity contribution is -0.158. The van der Waals surface area contributed by atoms with Gasteiger partial charge in [0.15, 0.2) is 6.73 Å². The van der Waals surface area contributed by atoms with Crippen molar-refractivity contribution < 1.29 is 19.1 Å². The Morgan fingerprint density at radius 1 is 1.28 bits per heavy atom. The first-order valence-electron chi connectivity index (χ1n) is 6.30. The highest BCUT2D eigenvalue weighted by molar-refractivity contribution is 6.12. The van der Waals surface area contributed by atoms with Gasteiger partial charge < -0.3 is 4.74 Å². The van der Waals surface area contributed by atoms with Crippen LogP contribution in [0, 0.1) is 5.92 Å². The molecule has 100 valence electrons. The Morgan fingerprint density at radius 3 is 2.39 bits per heavy atom. The number of carbonyl (C=O) groups excluding carboxylic acids is 3. The summed E-state index contributed by atoms with van der Waals surface area (Å²) in [5.41, 5.74) is 0. The minimum absolute atomic E-state index is 0.147. The van der Waals surface area contributed by atoms with E-state index < -0.39 is 11.8 Å². The van der Waals surface area contributed by atoms with Crippen LogP contribution in [-0.2, 0) is 19.1 Å². The number of ether oxygens (including phenoxy) is 1. The first-order chi connectivity index (χ1) is 8.60. The Hall–Kier alpha value is -1.65. The van der Waals surface area contributed by atoms with Gasteiger partial charge in [0.1, 0.15) is 0 Å². The molecule has 5 nitrogen and oxygen atoms in total. The van der Waals surface area contributed by atoms with Crippen molar-refractivity contribution in [3.63, 3.8) is 0 Å². The molecule has 1 unspecified atom stereocenters. The quantitative estimate of drug-likeness (QED) is 0.511. The van der Waals surface area contributed by atoms with Gasteiger partial charge in [-0.1, -0.05) is 26.7 Å². The largest absolute Gasteiger partial charge is 0.443 e. The first kappa shape index (κ1) is 14.4. The van der Waals surface area contributed by atoms with Crippen LogP contribution >= 0.6 is 0 Å². The fourth-order valence-corrected chi connectivity index (χ4v) is 1.74.